The maximum atomic E-state index is 12.0. The number of hydrogen-bond donors (Lipinski definition) is 3. The molecule has 0 atom stereocenters. The third-order valence-corrected chi connectivity index (χ3v) is 4.73. The van der Waals surface area contributed by atoms with Gasteiger partial charge in [-0.3, -0.25) is 9.79 Å². The van der Waals surface area contributed by atoms with Gasteiger partial charge in [0, 0.05) is 30.6 Å². The van der Waals surface area contributed by atoms with Crippen molar-refractivity contribution in [3.8, 4) is 0 Å². The van der Waals surface area contributed by atoms with E-state index in [9.17, 15) is 4.79 Å². The Balaban J connectivity index is 1.70. The predicted molar refractivity (Wildman–Crippen MR) is 101 cm³/mol. The average molecular weight is 385 g/mol. The number of nitrogens with one attached hydrogen (secondary N) is 3. The SMILES string of the molecule is CN=C(NCCNC(=O)c1ccc(Cl)c(Cl)c1)NCc1cccs1. The highest BCUT2D eigenvalue weighted by atomic mass is 35.5. The Bertz CT molecular complexity index is 704. The van der Waals surface area contributed by atoms with Crippen molar-refractivity contribution in [3.05, 3.63) is 56.2 Å². The minimum atomic E-state index is -0.197. The second kappa shape index (κ2) is 9.52. The van der Waals surface area contributed by atoms with Crippen LogP contribution >= 0.6 is 34.5 Å². The zero-order valence-electron chi connectivity index (χ0n) is 13.1. The maximum Gasteiger partial charge on any atom is 0.251 e. The molecular formula is C16H18Cl2N4OS. The first-order valence-corrected chi connectivity index (χ1v) is 8.94. The van der Waals surface area contributed by atoms with Gasteiger partial charge in [-0.05, 0) is 29.6 Å². The summed E-state index contributed by atoms with van der Waals surface area (Å²) in [5.74, 6) is 0.490. The Morgan fingerprint density at radius 2 is 1.92 bits per heavy atom. The Kier molecular flexibility index (Phi) is 7.36. The van der Waals surface area contributed by atoms with Crippen molar-refractivity contribution in [1.29, 1.82) is 0 Å². The molecule has 0 aliphatic rings. The van der Waals surface area contributed by atoms with Gasteiger partial charge < -0.3 is 16.0 Å². The normalized spacial score (nSPS) is 11.2. The van der Waals surface area contributed by atoms with Crippen molar-refractivity contribution in [2.24, 2.45) is 4.99 Å². The molecule has 3 N–H and O–H groups in total. The number of carbonyl (C=O) groups is 1. The summed E-state index contributed by atoms with van der Waals surface area (Å²) in [6.07, 6.45) is 0. The average Bonchev–Trinajstić information content (AvgIpc) is 3.10. The van der Waals surface area contributed by atoms with E-state index in [1.807, 2.05) is 11.4 Å². The topological polar surface area (TPSA) is 65.5 Å². The van der Waals surface area contributed by atoms with Crippen molar-refractivity contribution in [2.75, 3.05) is 20.1 Å². The first-order valence-electron chi connectivity index (χ1n) is 7.30. The van der Waals surface area contributed by atoms with Gasteiger partial charge in [0.1, 0.15) is 0 Å². The third kappa shape index (κ3) is 5.70. The van der Waals surface area contributed by atoms with E-state index in [0.29, 0.717) is 41.2 Å². The number of guanidine groups is 1. The fourth-order valence-corrected chi connectivity index (χ4v) is 2.84. The third-order valence-electron chi connectivity index (χ3n) is 3.12. The van der Waals surface area contributed by atoms with E-state index in [1.54, 1.807) is 36.6 Å². The standard InChI is InChI=1S/C16H18Cl2N4OS/c1-19-16(22-10-12-3-2-8-24-12)21-7-6-20-15(23)11-4-5-13(17)14(18)9-11/h2-5,8-9H,6-7,10H2,1H3,(H,20,23)(H2,19,21,22). The molecule has 0 fully saturated rings. The molecule has 2 rings (SSSR count). The quantitative estimate of drug-likeness (QED) is 0.407. The molecule has 0 bridgehead atoms. The number of nitrogens with zero attached hydrogens (tertiary/aromatic N) is 1. The van der Waals surface area contributed by atoms with Crippen molar-refractivity contribution < 1.29 is 4.79 Å². The van der Waals surface area contributed by atoms with Crippen molar-refractivity contribution >= 4 is 46.4 Å². The number of halogens is 2. The molecular weight excluding hydrogens is 367 g/mol. The molecule has 1 aromatic carbocycles. The maximum absolute atomic E-state index is 12.0. The molecule has 2 aromatic rings. The van der Waals surface area contributed by atoms with Crippen LogP contribution in [0.2, 0.25) is 10.0 Å². The summed E-state index contributed by atoms with van der Waals surface area (Å²) < 4.78 is 0. The molecule has 0 spiro atoms. The van der Waals surface area contributed by atoms with E-state index in [1.165, 1.54) is 4.88 Å². The molecule has 0 saturated heterocycles. The van der Waals surface area contributed by atoms with E-state index in [0.717, 1.165) is 0 Å². The lowest BCUT2D eigenvalue weighted by molar-refractivity contribution is 0.0954. The molecule has 0 aliphatic carbocycles. The molecule has 128 valence electrons. The van der Waals surface area contributed by atoms with E-state index in [4.69, 9.17) is 23.2 Å². The van der Waals surface area contributed by atoms with Gasteiger partial charge in [-0.2, -0.15) is 0 Å². The largest absolute Gasteiger partial charge is 0.355 e. The van der Waals surface area contributed by atoms with Gasteiger partial charge in [0.15, 0.2) is 5.96 Å². The minimum absolute atomic E-state index is 0.197. The molecule has 1 amide bonds. The molecule has 0 unspecified atom stereocenters. The van der Waals surface area contributed by atoms with Crippen LogP contribution in [0.4, 0.5) is 0 Å². The number of carbonyl (C=O) groups excluding carboxylic acids is 1. The summed E-state index contributed by atoms with van der Waals surface area (Å²) in [7, 11) is 1.71. The lowest BCUT2D eigenvalue weighted by Crippen LogP contribution is -2.41. The van der Waals surface area contributed by atoms with Gasteiger partial charge in [0.25, 0.3) is 5.91 Å². The molecule has 0 saturated carbocycles. The highest BCUT2D eigenvalue weighted by molar-refractivity contribution is 7.09. The second-order valence-corrected chi connectivity index (χ2v) is 6.66. The Hall–Kier alpha value is -1.76. The molecule has 0 aliphatic heterocycles. The van der Waals surface area contributed by atoms with Crippen LogP contribution in [0.5, 0.6) is 0 Å². The molecule has 0 radical (unpaired) electrons. The smallest absolute Gasteiger partial charge is 0.251 e. The van der Waals surface area contributed by atoms with E-state index in [2.05, 4.69) is 27.0 Å². The highest BCUT2D eigenvalue weighted by Gasteiger charge is 2.07. The molecule has 8 heteroatoms. The lowest BCUT2D eigenvalue weighted by Gasteiger charge is -2.12. The van der Waals surface area contributed by atoms with Crippen LogP contribution in [0.3, 0.4) is 0 Å². The summed E-state index contributed by atoms with van der Waals surface area (Å²) >= 11 is 13.4. The first kappa shape index (κ1) is 18.6. The van der Waals surface area contributed by atoms with Gasteiger partial charge in [-0.25, -0.2) is 0 Å². The number of amides is 1. The van der Waals surface area contributed by atoms with Crippen LogP contribution in [-0.4, -0.2) is 32.0 Å². The Labute approximate surface area is 155 Å². The Morgan fingerprint density at radius 3 is 2.58 bits per heavy atom. The van der Waals surface area contributed by atoms with Gasteiger partial charge in [0.2, 0.25) is 0 Å². The molecule has 24 heavy (non-hydrogen) atoms. The molecule has 1 heterocycles. The monoisotopic (exact) mass is 384 g/mol. The summed E-state index contributed by atoms with van der Waals surface area (Å²) in [5.41, 5.74) is 0.476. The van der Waals surface area contributed by atoms with Crippen LogP contribution in [0, 0.1) is 0 Å². The van der Waals surface area contributed by atoms with Gasteiger partial charge in [-0.1, -0.05) is 29.3 Å². The van der Waals surface area contributed by atoms with Gasteiger partial charge >= 0.3 is 0 Å². The van der Waals surface area contributed by atoms with Gasteiger partial charge in [0.05, 0.1) is 16.6 Å². The fourth-order valence-electron chi connectivity index (χ4n) is 1.90. The fraction of sp³-hybridized carbons (Fsp3) is 0.250. The van der Waals surface area contributed by atoms with Crippen LogP contribution < -0.4 is 16.0 Å². The summed E-state index contributed by atoms with van der Waals surface area (Å²) in [6.45, 7) is 1.73. The second-order valence-electron chi connectivity index (χ2n) is 4.82. The predicted octanol–water partition coefficient (Wildman–Crippen LogP) is 3.15. The van der Waals surface area contributed by atoms with Crippen LogP contribution in [0.25, 0.3) is 0 Å². The van der Waals surface area contributed by atoms with E-state index in [-0.39, 0.29) is 5.91 Å². The zero-order valence-corrected chi connectivity index (χ0v) is 15.4. The zero-order chi connectivity index (χ0) is 17.4. The van der Waals surface area contributed by atoms with Crippen molar-refractivity contribution in [1.82, 2.24) is 16.0 Å². The van der Waals surface area contributed by atoms with E-state index < -0.39 is 0 Å². The summed E-state index contributed by atoms with van der Waals surface area (Å²) in [6, 6.07) is 8.86. The number of thiophene rings is 1. The van der Waals surface area contributed by atoms with E-state index >= 15 is 0 Å². The number of rotatable bonds is 6. The highest BCUT2D eigenvalue weighted by Crippen LogP contribution is 2.22. The number of benzene rings is 1. The first-order chi connectivity index (χ1) is 11.6. The van der Waals surface area contributed by atoms with Crippen LogP contribution in [-0.2, 0) is 6.54 Å². The van der Waals surface area contributed by atoms with Crippen LogP contribution in [0.15, 0.2) is 40.7 Å². The van der Waals surface area contributed by atoms with Crippen molar-refractivity contribution in [2.45, 2.75) is 6.54 Å². The number of hydrogen-bond acceptors (Lipinski definition) is 3. The summed E-state index contributed by atoms with van der Waals surface area (Å²) in [4.78, 5) is 17.4. The summed E-state index contributed by atoms with van der Waals surface area (Å²) in [5, 5.41) is 12.0. The molecule has 1 aromatic heterocycles. The van der Waals surface area contributed by atoms with Crippen LogP contribution in [0.1, 0.15) is 15.2 Å². The van der Waals surface area contributed by atoms with Gasteiger partial charge in [-0.15, -0.1) is 11.3 Å². The van der Waals surface area contributed by atoms with Crippen molar-refractivity contribution in [3.63, 3.8) is 0 Å². The Morgan fingerprint density at radius 1 is 1.12 bits per heavy atom. The lowest BCUT2D eigenvalue weighted by atomic mass is 10.2. The molecule has 5 nitrogen and oxygen atoms in total. The number of aliphatic imine (C=N–C) groups is 1. The minimum Gasteiger partial charge on any atom is -0.355 e.